The van der Waals surface area contributed by atoms with Crippen LogP contribution in [0.25, 0.3) is 0 Å². The van der Waals surface area contributed by atoms with Crippen molar-refractivity contribution in [1.82, 2.24) is 0 Å². The van der Waals surface area contributed by atoms with Crippen LogP contribution in [0.2, 0.25) is 0 Å². The molecule has 2 saturated carbocycles. The van der Waals surface area contributed by atoms with Gasteiger partial charge in [-0.1, -0.05) is 70.9 Å². The molecule has 6 nitrogen and oxygen atoms in total. The van der Waals surface area contributed by atoms with E-state index in [1.165, 1.54) is 12.5 Å². The number of ketones is 1. The normalized spacial score (nSPS) is 40.8. The smallest absolute Gasteiger partial charge is 0.331 e. The fourth-order valence-corrected chi connectivity index (χ4v) is 7.44. The van der Waals surface area contributed by atoms with Crippen molar-refractivity contribution in [3.63, 3.8) is 0 Å². The van der Waals surface area contributed by atoms with Gasteiger partial charge in [0.2, 0.25) is 0 Å². The predicted molar refractivity (Wildman–Crippen MR) is 138 cm³/mol. The molecule has 4 rings (SSSR count). The average molecular weight is 499 g/mol. The number of hydrogen-bond acceptors (Lipinski definition) is 6. The molecule has 2 bridgehead atoms. The second kappa shape index (κ2) is 9.70. The van der Waals surface area contributed by atoms with E-state index in [0.29, 0.717) is 11.5 Å². The van der Waals surface area contributed by atoms with E-state index in [-0.39, 0.29) is 35.2 Å². The molecule has 3 N–H and O–H groups in total. The molecule has 36 heavy (non-hydrogen) atoms. The molecule has 4 aliphatic rings. The van der Waals surface area contributed by atoms with Crippen LogP contribution in [-0.4, -0.2) is 51.5 Å². The number of aliphatic hydroxyl groups excluding tert-OH is 2. The Morgan fingerprint density at radius 3 is 2.61 bits per heavy atom. The molecule has 2 fully saturated rings. The number of fused-ring (bicyclic) bond motifs is 3. The first-order valence-corrected chi connectivity index (χ1v) is 13.5. The van der Waals surface area contributed by atoms with Gasteiger partial charge in [0.1, 0.15) is 24.4 Å². The molecular formula is C30H42O6. The Bertz CT molecular complexity index is 1020. The van der Waals surface area contributed by atoms with Gasteiger partial charge in [-0.25, -0.2) is 4.79 Å². The topological polar surface area (TPSA) is 104 Å². The Balaban J connectivity index is 1.59. The Morgan fingerprint density at radius 2 is 1.92 bits per heavy atom. The van der Waals surface area contributed by atoms with Crippen LogP contribution in [-0.2, 0) is 14.3 Å². The first-order chi connectivity index (χ1) is 16.9. The summed E-state index contributed by atoms with van der Waals surface area (Å²) in [6.45, 7) is 9.84. The number of ether oxygens (including phenoxy) is 1. The van der Waals surface area contributed by atoms with E-state index < -0.39 is 35.1 Å². The molecule has 0 aromatic rings. The minimum Gasteiger partial charge on any atom is -0.458 e. The lowest BCUT2D eigenvalue weighted by Gasteiger charge is -2.48. The summed E-state index contributed by atoms with van der Waals surface area (Å²) in [6.07, 6.45) is 12.4. The molecule has 0 amide bonds. The minimum absolute atomic E-state index is 0.0376. The first-order valence-electron chi connectivity index (χ1n) is 13.5. The summed E-state index contributed by atoms with van der Waals surface area (Å²) in [6, 6.07) is 0. The lowest BCUT2D eigenvalue weighted by atomic mass is 9.59. The Labute approximate surface area is 214 Å². The van der Waals surface area contributed by atoms with Crippen LogP contribution in [0.15, 0.2) is 47.6 Å². The van der Waals surface area contributed by atoms with Gasteiger partial charge in [-0.3, -0.25) is 4.79 Å². The number of esters is 1. The van der Waals surface area contributed by atoms with E-state index in [1.54, 1.807) is 25.2 Å². The van der Waals surface area contributed by atoms with Crippen molar-refractivity contribution in [2.75, 3.05) is 6.61 Å². The lowest BCUT2D eigenvalue weighted by Crippen LogP contribution is -2.65. The van der Waals surface area contributed by atoms with Crippen LogP contribution in [0, 0.1) is 34.5 Å². The van der Waals surface area contributed by atoms with Gasteiger partial charge in [0.05, 0.1) is 5.41 Å². The van der Waals surface area contributed by atoms with E-state index in [4.69, 9.17) is 4.74 Å². The fourth-order valence-electron chi connectivity index (χ4n) is 7.44. The average Bonchev–Trinajstić information content (AvgIpc) is 3.33. The molecule has 0 aliphatic heterocycles. The van der Waals surface area contributed by atoms with E-state index in [1.807, 2.05) is 19.1 Å². The summed E-state index contributed by atoms with van der Waals surface area (Å²) >= 11 is 0. The van der Waals surface area contributed by atoms with Crippen LogP contribution in [0.4, 0.5) is 0 Å². The number of carbonyl (C=O) groups is 2. The van der Waals surface area contributed by atoms with Crippen LogP contribution in [0.3, 0.4) is 0 Å². The highest BCUT2D eigenvalue weighted by atomic mass is 16.5. The zero-order valence-electron chi connectivity index (χ0n) is 22.2. The summed E-state index contributed by atoms with van der Waals surface area (Å²) in [7, 11) is 0. The van der Waals surface area contributed by atoms with Crippen molar-refractivity contribution in [2.24, 2.45) is 34.5 Å². The zero-order valence-corrected chi connectivity index (χ0v) is 22.2. The number of hydrogen-bond donors (Lipinski definition) is 3. The summed E-state index contributed by atoms with van der Waals surface area (Å²) < 4.78 is 5.44. The molecule has 0 saturated heterocycles. The molecule has 0 unspecified atom stereocenters. The summed E-state index contributed by atoms with van der Waals surface area (Å²) in [5.41, 5.74) is -2.79. The van der Waals surface area contributed by atoms with Crippen molar-refractivity contribution in [3.05, 3.63) is 47.6 Å². The number of rotatable bonds is 8. The number of allylic oxidation sites excluding steroid dienone is 4. The highest BCUT2D eigenvalue weighted by molar-refractivity contribution is 5.95. The minimum atomic E-state index is -2.11. The first kappa shape index (κ1) is 27.0. The number of unbranched alkanes of at least 4 members (excludes halogenated alkanes) is 3. The third-order valence-electron chi connectivity index (χ3n) is 9.58. The Kier molecular flexibility index (Phi) is 7.28. The van der Waals surface area contributed by atoms with E-state index in [9.17, 15) is 24.9 Å². The van der Waals surface area contributed by atoms with Gasteiger partial charge in [-0.2, -0.15) is 0 Å². The summed E-state index contributed by atoms with van der Waals surface area (Å²) in [4.78, 5) is 26.6. The van der Waals surface area contributed by atoms with Crippen LogP contribution >= 0.6 is 0 Å². The second-order valence-electron chi connectivity index (χ2n) is 12.0. The van der Waals surface area contributed by atoms with Crippen molar-refractivity contribution in [2.45, 2.75) is 84.5 Å². The molecule has 8 atom stereocenters. The largest absolute Gasteiger partial charge is 0.458 e. The summed E-state index contributed by atoms with van der Waals surface area (Å²) in [5.74, 6) is -1.13. The van der Waals surface area contributed by atoms with E-state index in [0.717, 1.165) is 25.7 Å². The third kappa shape index (κ3) is 3.97. The van der Waals surface area contributed by atoms with Crippen LogP contribution in [0.1, 0.15) is 66.7 Å². The molecular weight excluding hydrogens is 456 g/mol. The molecule has 0 aromatic carbocycles. The Hall–Kier alpha value is -2.02. The van der Waals surface area contributed by atoms with Crippen molar-refractivity contribution < 1.29 is 29.6 Å². The van der Waals surface area contributed by atoms with Crippen LogP contribution < -0.4 is 0 Å². The predicted octanol–water partition coefficient (Wildman–Crippen LogP) is 4.06. The number of aliphatic hydroxyl groups is 3. The summed E-state index contributed by atoms with van der Waals surface area (Å²) in [5, 5.41) is 34.6. The molecule has 0 radical (unpaired) electrons. The third-order valence-corrected chi connectivity index (χ3v) is 9.58. The van der Waals surface area contributed by atoms with Crippen molar-refractivity contribution in [1.29, 1.82) is 0 Å². The van der Waals surface area contributed by atoms with E-state index in [2.05, 4.69) is 20.8 Å². The highest BCUT2D eigenvalue weighted by Gasteiger charge is 2.75. The fraction of sp³-hybridized carbons (Fsp3) is 0.667. The maximum atomic E-state index is 14.2. The van der Waals surface area contributed by atoms with Gasteiger partial charge in [-0.15, -0.1) is 0 Å². The molecule has 0 heterocycles. The standard InChI is InChI=1S/C30H42O6/c1-6-7-8-9-10-11-12-13-23(31)36-17-20-15-21-24-22(28(24,4)5)14-19(3)29(27(21)34)16-18(2)25(32)30(29,35)26(20)33/h10-13,15-16,19,21-22,24-26,32-33,35H,6-9,14,17H2,1-5H3/b11-10+,13-12+/t19-,21-,22-,24+,25+,26-,29+,30-/m1/s1. The van der Waals surface area contributed by atoms with Crippen molar-refractivity contribution >= 4 is 11.8 Å². The zero-order chi connectivity index (χ0) is 26.5. The highest BCUT2D eigenvalue weighted by Crippen LogP contribution is 2.71. The molecule has 1 spiro atoms. The van der Waals surface area contributed by atoms with Gasteiger partial charge in [0.15, 0.2) is 5.78 Å². The Morgan fingerprint density at radius 1 is 1.19 bits per heavy atom. The van der Waals surface area contributed by atoms with Gasteiger partial charge in [0, 0.05) is 12.0 Å². The lowest BCUT2D eigenvalue weighted by molar-refractivity contribution is -0.190. The number of Topliss-reactive ketones (excluding diaryl/α,β-unsaturated/α-hetero) is 1. The van der Waals surface area contributed by atoms with E-state index >= 15 is 0 Å². The quantitative estimate of drug-likeness (QED) is 0.153. The van der Waals surface area contributed by atoms with Gasteiger partial charge >= 0.3 is 5.97 Å². The van der Waals surface area contributed by atoms with Gasteiger partial charge in [-0.05, 0) is 60.5 Å². The second-order valence-corrected chi connectivity index (χ2v) is 12.0. The number of carbonyl (C=O) groups excluding carboxylic acids is 2. The molecule has 6 heteroatoms. The van der Waals surface area contributed by atoms with Gasteiger partial charge < -0.3 is 20.1 Å². The van der Waals surface area contributed by atoms with Gasteiger partial charge in [0.25, 0.3) is 0 Å². The van der Waals surface area contributed by atoms with Crippen LogP contribution in [0.5, 0.6) is 0 Å². The maximum absolute atomic E-state index is 14.2. The molecule has 4 aliphatic carbocycles. The molecule has 0 aromatic heterocycles. The van der Waals surface area contributed by atoms with Crippen molar-refractivity contribution in [3.8, 4) is 0 Å². The maximum Gasteiger partial charge on any atom is 0.331 e. The monoisotopic (exact) mass is 498 g/mol. The SMILES string of the molecule is CCCCC/C=C/C=C/C(=O)OCC1=C[C@H]2C(=O)[C@]3(C=C(C)[C@H](O)[C@@]3(O)[C@@H]1O)[C@H](C)C[C@@H]1[C@H]2C1(C)C. The molecule has 198 valence electrons.